The molecule has 0 spiro atoms. The molecule has 1 aromatic carbocycles. The average Bonchev–Trinajstić information content (AvgIpc) is 2.96. The fourth-order valence-electron chi connectivity index (χ4n) is 1.91. The molecule has 4 nitrogen and oxygen atoms in total. The van der Waals surface area contributed by atoms with Crippen LogP contribution in [0.1, 0.15) is 13.0 Å². The molecule has 0 aliphatic carbocycles. The number of fused-ring (bicyclic) bond motifs is 1. The summed E-state index contributed by atoms with van der Waals surface area (Å²) >= 11 is 7.64. The van der Waals surface area contributed by atoms with Gasteiger partial charge in [0.05, 0.1) is 18.3 Å². The number of halogens is 1. The number of aryl methyl sites for hydroxylation is 1. The zero-order valence-electron chi connectivity index (χ0n) is 10.5. The van der Waals surface area contributed by atoms with Crippen molar-refractivity contribution in [1.82, 2.24) is 9.97 Å². The first kappa shape index (κ1) is 14.7. The molecular weight excluding hydrogens is 294 g/mol. The van der Waals surface area contributed by atoms with E-state index in [1.165, 1.54) is 11.3 Å². The number of methoxy groups -OCH3 is 1. The van der Waals surface area contributed by atoms with Gasteiger partial charge in [-0.1, -0.05) is 25.1 Å². The molecule has 3 aromatic rings. The number of hydrogen-bond donors (Lipinski definition) is 2. The Balaban J connectivity index is 0.00000147. The summed E-state index contributed by atoms with van der Waals surface area (Å²) in [6, 6.07) is 5.76. The van der Waals surface area contributed by atoms with E-state index in [0.717, 1.165) is 32.4 Å². The van der Waals surface area contributed by atoms with Gasteiger partial charge in [-0.3, -0.25) is 0 Å². The lowest BCUT2D eigenvalue weighted by Gasteiger charge is -2.02. The number of hydrogen-bond acceptors (Lipinski definition) is 4. The van der Waals surface area contributed by atoms with Gasteiger partial charge in [0.1, 0.15) is 15.6 Å². The topological polar surface area (TPSA) is 49.9 Å². The van der Waals surface area contributed by atoms with Crippen LogP contribution in [-0.2, 0) is 0 Å². The minimum absolute atomic E-state index is 0. The van der Waals surface area contributed by atoms with Gasteiger partial charge in [-0.2, -0.15) is 0 Å². The van der Waals surface area contributed by atoms with Crippen LogP contribution < -0.4 is 10.1 Å². The van der Waals surface area contributed by atoms with Crippen LogP contribution in [0.5, 0.6) is 5.75 Å². The van der Waals surface area contributed by atoms with Crippen molar-refractivity contribution >= 4 is 45.6 Å². The van der Waals surface area contributed by atoms with Gasteiger partial charge in [0, 0.05) is 0 Å². The third-order valence-corrected chi connectivity index (χ3v) is 4.21. The lowest BCUT2D eigenvalue weighted by Crippen LogP contribution is -1.92. The maximum Gasteiger partial charge on any atom is 0.205 e. The average molecular weight is 310 g/mol. The molecule has 0 unspecified atom stereocenters. The Morgan fingerprint density at radius 2 is 2.20 bits per heavy atom. The minimum Gasteiger partial charge on any atom is -0.494 e. The fourth-order valence-corrected chi connectivity index (χ4v) is 2.97. The Morgan fingerprint density at radius 1 is 1.40 bits per heavy atom. The number of ether oxygens (including phenoxy) is 1. The number of para-hydroxylation sites is 1. The van der Waals surface area contributed by atoms with Crippen molar-refractivity contribution in [2.75, 3.05) is 12.4 Å². The summed E-state index contributed by atoms with van der Waals surface area (Å²) in [5, 5.41) is 5.23. The van der Waals surface area contributed by atoms with E-state index in [9.17, 15) is 0 Å². The third-order valence-electron chi connectivity index (χ3n) is 2.87. The van der Waals surface area contributed by atoms with Crippen LogP contribution >= 0.6 is 22.9 Å². The first-order chi connectivity index (χ1) is 9.19. The van der Waals surface area contributed by atoms with E-state index in [1.807, 2.05) is 30.5 Å². The van der Waals surface area contributed by atoms with Gasteiger partial charge in [0.2, 0.25) is 5.95 Å². The number of nitrogens with one attached hydrogen (secondary N) is 2. The van der Waals surface area contributed by atoms with Crippen molar-refractivity contribution < 1.29 is 4.74 Å². The monoisotopic (exact) mass is 309 g/mol. The van der Waals surface area contributed by atoms with E-state index in [-0.39, 0.29) is 7.43 Å². The van der Waals surface area contributed by atoms with E-state index < -0.39 is 0 Å². The molecule has 0 aliphatic heterocycles. The normalized spacial score (nSPS) is 10.3. The van der Waals surface area contributed by atoms with Crippen molar-refractivity contribution in [1.29, 1.82) is 0 Å². The maximum absolute atomic E-state index is 6.14. The summed E-state index contributed by atoms with van der Waals surface area (Å²) in [7, 11) is 1.64. The van der Waals surface area contributed by atoms with Gasteiger partial charge < -0.3 is 15.0 Å². The molecule has 0 bridgehead atoms. The van der Waals surface area contributed by atoms with Crippen molar-refractivity contribution in [2.45, 2.75) is 14.4 Å². The van der Waals surface area contributed by atoms with E-state index in [1.54, 1.807) is 7.11 Å². The smallest absolute Gasteiger partial charge is 0.205 e. The highest BCUT2D eigenvalue weighted by molar-refractivity contribution is 7.15. The minimum atomic E-state index is 0. The molecule has 0 saturated heterocycles. The molecule has 2 aromatic heterocycles. The van der Waals surface area contributed by atoms with Crippen molar-refractivity contribution in [3.05, 3.63) is 33.5 Å². The number of H-pyrrole nitrogens is 1. The van der Waals surface area contributed by atoms with Crippen molar-refractivity contribution in [3.63, 3.8) is 0 Å². The molecule has 3 rings (SSSR count). The van der Waals surface area contributed by atoms with Crippen LogP contribution in [0.25, 0.3) is 11.0 Å². The van der Waals surface area contributed by atoms with Gasteiger partial charge in [0.15, 0.2) is 0 Å². The first-order valence-electron chi connectivity index (χ1n) is 5.72. The Morgan fingerprint density at radius 3 is 2.85 bits per heavy atom. The van der Waals surface area contributed by atoms with Crippen LogP contribution in [0, 0.1) is 6.92 Å². The molecule has 20 heavy (non-hydrogen) atoms. The molecule has 2 heterocycles. The Bertz CT molecular complexity index is 716. The standard InChI is InChI=1S/C13H12ClN3OS.CH4/c1-7-6-19-12(14)10(7)16-13-15-8-4-3-5-9(18-2)11(8)17-13;/h3-6H,1-2H3,(H2,15,16,17);1H4. The number of anilines is 2. The second kappa shape index (κ2) is 5.73. The van der Waals surface area contributed by atoms with Crippen LogP contribution in [0.2, 0.25) is 4.34 Å². The number of nitrogens with zero attached hydrogens (tertiary/aromatic N) is 1. The number of thiophene rings is 1. The van der Waals surface area contributed by atoms with Crippen LogP contribution in [0.3, 0.4) is 0 Å². The summed E-state index contributed by atoms with van der Waals surface area (Å²) in [5.74, 6) is 1.40. The fraction of sp³-hybridized carbons (Fsp3) is 0.214. The number of rotatable bonds is 3. The summed E-state index contributed by atoms with van der Waals surface area (Å²) in [5.41, 5.74) is 3.72. The van der Waals surface area contributed by atoms with E-state index >= 15 is 0 Å². The Hall–Kier alpha value is -1.72. The lowest BCUT2D eigenvalue weighted by atomic mass is 10.3. The Labute approximate surface area is 126 Å². The summed E-state index contributed by atoms with van der Waals surface area (Å²) in [6.07, 6.45) is 0. The number of aromatic amines is 1. The van der Waals surface area contributed by atoms with Crippen molar-refractivity contribution in [2.24, 2.45) is 0 Å². The number of imidazole rings is 1. The van der Waals surface area contributed by atoms with Crippen LogP contribution in [-0.4, -0.2) is 17.1 Å². The van der Waals surface area contributed by atoms with Crippen molar-refractivity contribution in [3.8, 4) is 5.75 Å². The lowest BCUT2D eigenvalue weighted by molar-refractivity contribution is 0.419. The number of benzene rings is 1. The zero-order valence-corrected chi connectivity index (χ0v) is 12.0. The molecule has 0 saturated carbocycles. The zero-order chi connectivity index (χ0) is 13.4. The van der Waals surface area contributed by atoms with E-state index in [4.69, 9.17) is 16.3 Å². The Kier molecular flexibility index (Phi) is 4.20. The molecule has 0 aliphatic rings. The summed E-state index contributed by atoms with van der Waals surface area (Å²) in [4.78, 5) is 7.70. The summed E-state index contributed by atoms with van der Waals surface area (Å²) < 4.78 is 6.02. The van der Waals surface area contributed by atoms with Gasteiger partial charge in [-0.05, 0) is 30.0 Å². The SMILES string of the molecule is C.COc1cccc2[nH]c(Nc3c(C)csc3Cl)nc12. The second-order valence-electron chi connectivity index (χ2n) is 4.13. The predicted molar refractivity (Wildman–Crippen MR) is 86.7 cm³/mol. The molecule has 0 atom stereocenters. The molecule has 0 amide bonds. The largest absolute Gasteiger partial charge is 0.494 e. The highest BCUT2D eigenvalue weighted by atomic mass is 35.5. The first-order valence-corrected chi connectivity index (χ1v) is 6.98. The van der Waals surface area contributed by atoms with E-state index in [0.29, 0.717) is 5.95 Å². The quantitative estimate of drug-likeness (QED) is 0.717. The molecular formula is C14H16ClN3OS. The molecule has 106 valence electrons. The second-order valence-corrected chi connectivity index (χ2v) is 5.62. The maximum atomic E-state index is 6.14. The van der Waals surface area contributed by atoms with E-state index in [2.05, 4.69) is 15.3 Å². The summed E-state index contributed by atoms with van der Waals surface area (Å²) in [6.45, 7) is 2.01. The third kappa shape index (κ3) is 2.46. The van der Waals surface area contributed by atoms with Crippen LogP contribution in [0.15, 0.2) is 23.6 Å². The highest BCUT2D eigenvalue weighted by Crippen LogP contribution is 2.34. The van der Waals surface area contributed by atoms with Gasteiger partial charge in [-0.25, -0.2) is 4.98 Å². The van der Waals surface area contributed by atoms with Crippen LogP contribution in [0.4, 0.5) is 11.6 Å². The number of aromatic nitrogens is 2. The van der Waals surface area contributed by atoms with Gasteiger partial charge >= 0.3 is 0 Å². The molecule has 6 heteroatoms. The molecule has 2 N–H and O–H groups in total. The highest BCUT2D eigenvalue weighted by Gasteiger charge is 2.11. The van der Waals surface area contributed by atoms with Gasteiger partial charge in [-0.15, -0.1) is 11.3 Å². The molecule has 0 fully saturated rings. The van der Waals surface area contributed by atoms with Gasteiger partial charge in [0.25, 0.3) is 0 Å². The molecule has 0 radical (unpaired) electrons. The predicted octanol–water partition coefficient (Wildman–Crippen LogP) is 4.97.